The van der Waals surface area contributed by atoms with E-state index in [1.807, 2.05) is 0 Å². The van der Waals surface area contributed by atoms with Gasteiger partial charge in [0.25, 0.3) is 0 Å². The van der Waals surface area contributed by atoms with Gasteiger partial charge in [0.15, 0.2) is 0 Å². The van der Waals surface area contributed by atoms with E-state index in [1.165, 1.54) is 25.7 Å². The highest BCUT2D eigenvalue weighted by atomic mass is 14.7. The van der Waals surface area contributed by atoms with Crippen molar-refractivity contribution in [1.29, 1.82) is 0 Å². The van der Waals surface area contributed by atoms with E-state index in [0.717, 1.165) is 11.8 Å². The Morgan fingerprint density at radius 3 is 2.75 bits per heavy atom. The van der Waals surface area contributed by atoms with Crippen LogP contribution in [0.15, 0.2) is 0 Å². The van der Waals surface area contributed by atoms with Gasteiger partial charge in [-0.3, -0.25) is 0 Å². The second-order valence-corrected chi connectivity index (χ2v) is 3.25. The first-order valence-corrected chi connectivity index (χ1v) is 3.63. The number of rotatable bonds is 0. The summed E-state index contributed by atoms with van der Waals surface area (Å²) >= 11 is 0. The molecule has 0 saturated heterocycles. The molecule has 2 saturated carbocycles. The maximum absolute atomic E-state index is 5.82. The molecule has 0 aromatic carbocycles. The Balaban J connectivity index is 1.99. The Bertz CT molecular complexity index is 101. The van der Waals surface area contributed by atoms with Crippen molar-refractivity contribution in [2.75, 3.05) is 0 Å². The SMILES string of the molecule is NC1CCCC2CC12. The molecule has 2 rings (SSSR count). The molecular formula is C7H13N. The van der Waals surface area contributed by atoms with Crippen LogP contribution in [-0.4, -0.2) is 6.04 Å². The number of fused-ring (bicyclic) bond motifs is 1. The third-order valence-electron chi connectivity index (χ3n) is 2.64. The molecule has 0 bridgehead atoms. The van der Waals surface area contributed by atoms with Crippen LogP contribution in [0, 0.1) is 11.8 Å². The van der Waals surface area contributed by atoms with Crippen LogP contribution in [0.3, 0.4) is 0 Å². The Kier molecular flexibility index (Phi) is 0.884. The van der Waals surface area contributed by atoms with Gasteiger partial charge < -0.3 is 5.73 Å². The normalized spacial score (nSPS) is 52.9. The highest BCUT2D eigenvalue weighted by molar-refractivity contribution is 4.96. The smallest absolute Gasteiger partial charge is 0.00699 e. The van der Waals surface area contributed by atoms with Crippen molar-refractivity contribution >= 4 is 0 Å². The maximum atomic E-state index is 5.82. The predicted molar refractivity (Wildman–Crippen MR) is 33.4 cm³/mol. The molecule has 2 fully saturated rings. The lowest BCUT2D eigenvalue weighted by atomic mass is 9.96. The summed E-state index contributed by atoms with van der Waals surface area (Å²) in [7, 11) is 0. The molecule has 2 aliphatic carbocycles. The van der Waals surface area contributed by atoms with E-state index in [-0.39, 0.29) is 0 Å². The predicted octanol–water partition coefficient (Wildman–Crippen LogP) is 1.13. The molecule has 0 aromatic rings. The number of hydrogen-bond donors (Lipinski definition) is 1. The van der Waals surface area contributed by atoms with Crippen molar-refractivity contribution in [3.05, 3.63) is 0 Å². The van der Waals surface area contributed by atoms with Crippen molar-refractivity contribution in [3.8, 4) is 0 Å². The summed E-state index contributed by atoms with van der Waals surface area (Å²) < 4.78 is 0. The molecule has 2 aliphatic rings. The third-order valence-corrected chi connectivity index (χ3v) is 2.64. The molecule has 3 unspecified atom stereocenters. The van der Waals surface area contributed by atoms with Crippen molar-refractivity contribution in [3.63, 3.8) is 0 Å². The first-order valence-electron chi connectivity index (χ1n) is 3.63. The van der Waals surface area contributed by atoms with Crippen molar-refractivity contribution in [2.24, 2.45) is 17.6 Å². The van der Waals surface area contributed by atoms with Crippen LogP contribution < -0.4 is 5.73 Å². The average molecular weight is 111 g/mol. The van der Waals surface area contributed by atoms with Gasteiger partial charge in [0, 0.05) is 6.04 Å². The first kappa shape index (κ1) is 4.80. The van der Waals surface area contributed by atoms with E-state index in [0.29, 0.717) is 6.04 Å². The summed E-state index contributed by atoms with van der Waals surface area (Å²) in [6.45, 7) is 0. The molecule has 0 amide bonds. The van der Waals surface area contributed by atoms with Crippen LogP contribution in [0.5, 0.6) is 0 Å². The zero-order valence-electron chi connectivity index (χ0n) is 5.14. The average Bonchev–Trinajstić information content (AvgIpc) is 2.45. The molecule has 0 radical (unpaired) electrons. The summed E-state index contributed by atoms with van der Waals surface area (Å²) in [5.41, 5.74) is 5.82. The van der Waals surface area contributed by atoms with Gasteiger partial charge in [0.1, 0.15) is 0 Å². The van der Waals surface area contributed by atoms with Crippen LogP contribution in [-0.2, 0) is 0 Å². The van der Waals surface area contributed by atoms with E-state index in [1.54, 1.807) is 0 Å². The van der Waals surface area contributed by atoms with Gasteiger partial charge in [-0.05, 0) is 24.7 Å². The van der Waals surface area contributed by atoms with Gasteiger partial charge in [0.05, 0.1) is 0 Å². The second kappa shape index (κ2) is 1.47. The van der Waals surface area contributed by atoms with Crippen LogP contribution in [0.4, 0.5) is 0 Å². The van der Waals surface area contributed by atoms with Crippen LogP contribution in [0.25, 0.3) is 0 Å². The highest BCUT2D eigenvalue weighted by Gasteiger charge is 2.43. The number of hydrogen-bond acceptors (Lipinski definition) is 1. The number of nitrogens with two attached hydrogens (primary N) is 1. The third kappa shape index (κ3) is 0.576. The van der Waals surface area contributed by atoms with Gasteiger partial charge in [-0.25, -0.2) is 0 Å². The molecule has 3 atom stereocenters. The molecule has 0 aliphatic heterocycles. The van der Waals surface area contributed by atoms with Gasteiger partial charge in [-0.2, -0.15) is 0 Å². The summed E-state index contributed by atoms with van der Waals surface area (Å²) in [5.74, 6) is 2.00. The minimum atomic E-state index is 0.578. The lowest BCUT2D eigenvalue weighted by molar-refractivity contribution is 0.419. The van der Waals surface area contributed by atoms with Crippen molar-refractivity contribution in [2.45, 2.75) is 31.7 Å². The molecule has 46 valence electrons. The Labute approximate surface area is 50.3 Å². The second-order valence-electron chi connectivity index (χ2n) is 3.25. The quantitative estimate of drug-likeness (QED) is 0.498. The highest BCUT2D eigenvalue weighted by Crippen LogP contribution is 2.48. The minimum Gasteiger partial charge on any atom is -0.327 e. The fourth-order valence-electron chi connectivity index (χ4n) is 1.96. The van der Waals surface area contributed by atoms with E-state index in [2.05, 4.69) is 0 Å². The Hall–Kier alpha value is -0.0400. The first-order chi connectivity index (χ1) is 3.88. The fourth-order valence-corrected chi connectivity index (χ4v) is 1.96. The van der Waals surface area contributed by atoms with Crippen molar-refractivity contribution < 1.29 is 0 Å². The lowest BCUT2D eigenvalue weighted by Gasteiger charge is -2.15. The van der Waals surface area contributed by atoms with E-state index >= 15 is 0 Å². The summed E-state index contributed by atoms with van der Waals surface area (Å²) in [6, 6.07) is 0.578. The Morgan fingerprint density at radius 2 is 2.12 bits per heavy atom. The standard InChI is InChI=1S/C7H13N/c8-7-3-1-2-5-4-6(5)7/h5-7H,1-4,8H2. The van der Waals surface area contributed by atoms with Crippen LogP contribution >= 0.6 is 0 Å². The monoisotopic (exact) mass is 111 g/mol. The summed E-state index contributed by atoms with van der Waals surface area (Å²) in [6.07, 6.45) is 5.60. The molecule has 1 nitrogen and oxygen atoms in total. The van der Waals surface area contributed by atoms with Gasteiger partial charge >= 0.3 is 0 Å². The fraction of sp³-hybridized carbons (Fsp3) is 1.00. The van der Waals surface area contributed by atoms with Crippen LogP contribution in [0.1, 0.15) is 25.7 Å². The Morgan fingerprint density at radius 1 is 1.25 bits per heavy atom. The van der Waals surface area contributed by atoms with Crippen molar-refractivity contribution in [1.82, 2.24) is 0 Å². The molecule has 1 heteroatoms. The van der Waals surface area contributed by atoms with E-state index in [9.17, 15) is 0 Å². The van der Waals surface area contributed by atoms with Gasteiger partial charge in [-0.1, -0.05) is 12.8 Å². The molecule has 8 heavy (non-hydrogen) atoms. The van der Waals surface area contributed by atoms with E-state index < -0.39 is 0 Å². The summed E-state index contributed by atoms with van der Waals surface area (Å²) in [5, 5.41) is 0. The van der Waals surface area contributed by atoms with Crippen LogP contribution in [0.2, 0.25) is 0 Å². The zero-order valence-corrected chi connectivity index (χ0v) is 5.14. The maximum Gasteiger partial charge on any atom is 0.00699 e. The summed E-state index contributed by atoms with van der Waals surface area (Å²) in [4.78, 5) is 0. The van der Waals surface area contributed by atoms with Gasteiger partial charge in [-0.15, -0.1) is 0 Å². The molecule has 0 aromatic heterocycles. The molecular weight excluding hydrogens is 98.1 g/mol. The van der Waals surface area contributed by atoms with Gasteiger partial charge in [0.2, 0.25) is 0 Å². The molecule has 0 heterocycles. The zero-order chi connectivity index (χ0) is 5.56. The molecule has 2 N–H and O–H groups in total. The lowest BCUT2D eigenvalue weighted by Crippen LogP contribution is -2.25. The topological polar surface area (TPSA) is 26.0 Å². The molecule has 0 spiro atoms. The van der Waals surface area contributed by atoms with E-state index in [4.69, 9.17) is 5.73 Å². The largest absolute Gasteiger partial charge is 0.327 e. The minimum absolute atomic E-state index is 0.578.